The third-order valence-corrected chi connectivity index (χ3v) is 4.96. The average molecular weight is 329 g/mol. The van der Waals surface area contributed by atoms with Crippen molar-refractivity contribution in [1.29, 1.82) is 0 Å². The average Bonchev–Trinajstić information content (AvgIpc) is 2.95. The van der Waals surface area contributed by atoms with Crippen molar-refractivity contribution in [3.05, 3.63) is 10.0 Å². The molecule has 0 radical (unpaired) electrons. The van der Waals surface area contributed by atoms with E-state index < -0.39 is 0 Å². The summed E-state index contributed by atoms with van der Waals surface area (Å²) in [7, 11) is 0. The predicted molar refractivity (Wildman–Crippen MR) is 82.5 cm³/mol. The Labute approximate surface area is 129 Å². The molecule has 2 heterocycles. The van der Waals surface area contributed by atoms with E-state index in [0.29, 0.717) is 16.8 Å². The summed E-state index contributed by atoms with van der Waals surface area (Å²) in [6.45, 7) is 6.14. The van der Waals surface area contributed by atoms with Crippen LogP contribution in [-0.2, 0) is 11.2 Å². The molecule has 0 spiro atoms. The summed E-state index contributed by atoms with van der Waals surface area (Å²) >= 11 is 4.28. The van der Waals surface area contributed by atoms with E-state index in [1.54, 1.807) is 0 Å². The Morgan fingerprint density at radius 3 is 2.70 bits per heavy atom. The van der Waals surface area contributed by atoms with Crippen LogP contribution < -0.4 is 5.32 Å². The summed E-state index contributed by atoms with van der Waals surface area (Å²) < 4.78 is 0.801. The molecule has 0 aromatic carbocycles. The number of hydrogen-bond donors (Lipinski definition) is 1. The third kappa shape index (κ3) is 4.80. The first-order valence-electron chi connectivity index (χ1n) is 6.08. The van der Waals surface area contributed by atoms with Crippen molar-refractivity contribution < 1.29 is 4.79 Å². The van der Waals surface area contributed by atoms with E-state index in [1.807, 2.05) is 6.92 Å². The number of thioether (sulfide) groups is 1. The number of nitrogens with zero attached hydrogens (tertiary/aromatic N) is 4. The van der Waals surface area contributed by atoms with Crippen LogP contribution in [0.4, 0.5) is 5.13 Å². The zero-order valence-corrected chi connectivity index (χ0v) is 13.9. The van der Waals surface area contributed by atoms with Crippen LogP contribution in [0.1, 0.15) is 23.9 Å². The Kier molecular flexibility index (Phi) is 5.44. The van der Waals surface area contributed by atoms with Crippen molar-refractivity contribution in [2.75, 3.05) is 11.1 Å². The highest BCUT2D eigenvalue weighted by atomic mass is 32.2. The fourth-order valence-corrected chi connectivity index (χ4v) is 3.94. The second kappa shape index (κ2) is 7.09. The number of aryl methyl sites for hydroxylation is 1. The fraction of sp³-hybridized carbons (Fsp3) is 0.545. The molecule has 0 saturated carbocycles. The van der Waals surface area contributed by atoms with Gasteiger partial charge in [-0.2, -0.15) is 0 Å². The van der Waals surface area contributed by atoms with Crippen LogP contribution in [0.15, 0.2) is 4.34 Å². The lowest BCUT2D eigenvalue weighted by molar-refractivity contribution is -0.113. The van der Waals surface area contributed by atoms with E-state index in [1.165, 1.54) is 34.4 Å². The van der Waals surface area contributed by atoms with Gasteiger partial charge in [0.2, 0.25) is 11.0 Å². The highest BCUT2D eigenvalue weighted by Crippen LogP contribution is 2.22. The summed E-state index contributed by atoms with van der Waals surface area (Å²) in [6.07, 6.45) is 0.881. The van der Waals surface area contributed by atoms with Crippen molar-refractivity contribution in [2.24, 2.45) is 5.92 Å². The van der Waals surface area contributed by atoms with Gasteiger partial charge in [0.05, 0.1) is 5.75 Å². The molecular formula is C11H15N5OS3. The van der Waals surface area contributed by atoms with E-state index in [-0.39, 0.29) is 5.91 Å². The molecule has 0 aliphatic rings. The second-order valence-corrected chi connectivity index (χ2v) is 7.99. The van der Waals surface area contributed by atoms with Gasteiger partial charge in [0.25, 0.3) is 0 Å². The van der Waals surface area contributed by atoms with Gasteiger partial charge in [-0.25, -0.2) is 0 Å². The van der Waals surface area contributed by atoms with Crippen molar-refractivity contribution in [3.63, 3.8) is 0 Å². The van der Waals surface area contributed by atoms with Crippen molar-refractivity contribution in [1.82, 2.24) is 20.4 Å². The predicted octanol–water partition coefficient (Wildman–Crippen LogP) is 2.63. The van der Waals surface area contributed by atoms with Crippen molar-refractivity contribution in [3.8, 4) is 0 Å². The van der Waals surface area contributed by atoms with Crippen LogP contribution in [0.3, 0.4) is 0 Å². The van der Waals surface area contributed by atoms with Gasteiger partial charge in [-0.15, -0.1) is 20.4 Å². The molecular weight excluding hydrogens is 314 g/mol. The van der Waals surface area contributed by atoms with Gasteiger partial charge in [-0.3, -0.25) is 10.1 Å². The molecule has 2 aromatic heterocycles. The molecule has 0 atom stereocenters. The number of anilines is 1. The highest BCUT2D eigenvalue weighted by Gasteiger charge is 2.11. The molecule has 1 N–H and O–H groups in total. The maximum atomic E-state index is 11.8. The molecule has 20 heavy (non-hydrogen) atoms. The monoisotopic (exact) mass is 329 g/mol. The van der Waals surface area contributed by atoms with Gasteiger partial charge >= 0.3 is 0 Å². The van der Waals surface area contributed by atoms with Crippen molar-refractivity contribution >= 4 is 45.5 Å². The Bertz CT molecular complexity index is 580. The molecule has 2 rings (SSSR count). The van der Waals surface area contributed by atoms with Crippen LogP contribution in [0, 0.1) is 12.8 Å². The van der Waals surface area contributed by atoms with Gasteiger partial charge in [-0.05, 0) is 12.8 Å². The zero-order valence-electron chi connectivity index (χ0n) is 11.4. The molecule has 2 aromatic rings. The molecule has 0 aliphatic carbocycles. The van der Waals surface area contributed by atoms with Crippen LogP contribution in [0.25, 0.3) is 0 Å². The molecule has 9 heteroatoms. The first-order chi connectivity index (χ1) is 9.52. The lowest BCUT2D eigenvalue weighted by atomic mass is 10.1. The van der Waals surface area contributed by atoms with Crippen molar-refractivity contribution in [2.45, 2.75) is 31.5 Å². The number of amides is 1. The van der Waals surface area contributed by atoms with Gasteiger partial charge < -0.3 is 0 Å². The smallest absolute Gasteiger partial charge is 0.236 e. The quantitative estimate of drug-likeness (QED) is 0.821. The summed E-state index contributed by atoms with van der Waals surface area (Å²) in [5, 5.41) is 21.0. The number of nitrogens with one attached hydrogen (secondary N) is 1. The largest absolute Gasteiger partial charge is 0.300 e. The standard InChI is InChI=1S/C11H15N5OS3/c1-6(2)4-9-14-15-10(20-9)12-8(17)5-18-11-16-13-7(3)19-11/h6H,4-5H2,1-3H3,(H,12,15,17). The maximum absolute atomic E-state index is 11.8. The van der Waals surface area contributed by atoms with Crippen LogP contribution >= 0.6 is 34.4 Å². The molecule has 0 bridgehead atoms. The second-order valence-electron chi connectivity index (χ2n) is 4.52. The molecule has 108 valence electrons. The highest BCUT2D eigenvalue weighted by molar-refractivity contribution is 8.01. The molecule has 1 amide bonds. The van der Waals surface area contributed by atoms with Crippen LogP contribution in [0.5, 0.6) is 0 Å². The summed E-state index contributed by atoms with van der Waals surface area (Å²) in [6, 6.07) is 0. The topological polar surface area (TPSA) is 80.7 Å². The first-order valence-corrected chi connectivity index (χ1v) is 8.70. The zero-order chi connectivity index (χ0) is 14.5. The SMILES string of the molecule is Cc1nnc(SCC(=O)Nc2nnc(CC(C)C)s2)s1. The number of rotatable bonds is 6. The Morgan fingerprint density at radius 1 is 1.25 bits per heavy atom. The van der Waals surface area contributed by atoms with Gasteiger partial charge in [0, 0.05) is 6.42 Å². The minimum atomic E-state index is -0.102. The molecule has 0 fully saturated rings. The van der Waals surface area contributed by atoms with Crippen LogP contribution in [-0.4, -0.2) is 32.1 Å². The normalized spacial score (nSPS) is 11.0. The van der Waals surface area contributed by atoms with E-state index >= 15 is 0 Å². The summed E-state index contributed by atoms with van der Waals surface area (Å²) in [4.78, 5) is 11.8. The Balaban J connectivity index is 1.80. The lowest BCUT2D eigenvalue weighted by Gasteiger charge is -1.99. The van der Waals surface area contributed by atoms with E-state index in [2.05, 4.69) is 39.6 Å². The minimum Gasteiger partial charge on any atom is -0.300 e. The Morgan fingerprint density at radius 2 is 2.05 bits per heavy atom. The van der Waals surface area contributed by atoms with E-state index in [0.717, 1.165) is 20.8 Å². The first kappa shape index (κ1) is 15.3. The molecule has 6 nitrogen and oxygen atoms in total. The van der Waals surface area contributed by atoms with Gasteiger partial charge in [-0.1, -0.05) is 48.3 Å². The number of hydrogen-bond acceptors (Lipinski definition) is 8. The summed E-state index contributed by atoms with van der Waals surface area (Å²) in [5.74, 6) is 0.728. The fourth-order valence-electron chi connectivity index (χ4n) is 1.36. The minimum absolute atomic E-state index is 0.102. The molecule has 0 unspecified atom stereocenters. The Hall–Kier alpha value is -1.06. The maximum Gasteiger partial charge on any atom is 0.236 e. The third-order valence-electron chi connectivity index (χ3n) is 2.13. The molecule has 0 aliphatic heterocycles. The van der Waals surface area contributed by atoms with E-state index in [4.69, 9.17) is 0 Å². The van der Waals surface area contributed by atoms with Crippen LogP contribution in [0.2, 0.25) is 0 Å². The number of aromatic nitrogens is 4. The molecule has 0 saturated heterocycles. The van der Waals surface area contributed by atoms with Gasteiger partial charge in [0.15, 0.2) is 4.34 Å². The van der Waals surface area contributed by atoms with Gasteiger partial charge in [0.1, 0.15) is 10.0 Å². The number of carbonyl (C=O) groups excluding carboxylic acids is 1. The lowest BCUT2D eigenvalue weighted by Crippen LogP contribution is -2.13. The number of carbonyl (C=O) groups is 1. The van der Waals surface area contributed by atoms with E-state index in [9.17, 15) is 4.79 Å². The summed E-state index contributed by atoms with van der Waals surface area (Å²) in [5.41, 5.74) is 0.